The van der Waals surface area contributed by atoms with Crippen molar-refractivity contribution in [3.8, 4) is 0 Å². The van der Waals surface area contributed by atoms with Gasteiger partial charge < -0.3 is 10.6 Å². The van der Waals surface area contributed by atoms with Gasteiger partial charge in [-0.1, -0.05) is 0 Å². The summed E-state index contributed by atoms with van der Waals surface area (Å²) >= 11 is 0. The van der Waals surface area contributed by atoms with Gasteiger partial charge in [-0.3, -0.25) is 15.3 Å². The van der Waals surface area contributed by atoms with E-state index in [9.17, 15) is 0 Å². The molecular formula is C15H23N5. The summed E-state index contributed by atoms with van der Waals surface area (Å²) in [5, 5.41) is 7.82. The molecular weight excluding hydrogens is 250 g/mol. The summed E-state index contributed by atoms with van der Waals surface area (Å²) in [6.45, 7) is 8.19. The lowest BCUT2D eigenvalue weighted by Gasteiger charge is -2.37. The van der Waals surface area contributed by atoms with Gasteiger partial charge in [0.05, 0.1) is 16.9 Å². The number of nitrogens with two attached hydrogens (primary N) is 1. The number of piperazine rings is 1. The Kier molecular flexibility index (Phi) is 3.38. The van der Waals surface area contributed by atoms with Crippen LogP contribution >= 0.6 is 0 Å². The van der Waals surface area contributed by atoms with E-state index in [-0.39, 0.29) is 5.84 Å². The van der Waals surface area contributed by atoms with E-state index >= 15 is 0 Å². The van der Waals surface area contributed by atoms with Gasteiger partial charge in [0.25, 0.3) is 0 Å². The maximum Gasteiger partial charge on any atom is 0.126 e. The Morgan fingerprint density at radius 2 is 1.90 bits per heavy atom. The van der Waals surface area contributed by atoms with Crippen LogP contribution in [-0.4, -0.2) is 47.9 Å². The smallest absolute Gasteiger partial charge is 0.126 e. The zero-order valence-electron chi connectivity index (χ0n) is 12.3. The lowest BCUT2D eigenvalue weighted by atomic mass is 10.1. The number of nitrogen functional groups attached to an aromatic ring is 1. The van der Waals surface area contributed by atoms with Crippen LogP contribution in [0, 0.1) is 19.3 Å². The van der Waals surface area contributed by atoms with Crippen LogP contribution in [0.25, 0.3) is 0 Å². The molecule has 1 aromatic heterocycles. The van der Waals surface area contributed by atoms with E-state index in [0.29, 0.717) is 0 Å². The highest BCUT2D eigenvalue weighted by atomic mass is 15.3. The maximum absolute atomic E-state index is 7.82. The average molecular weight is 273 g/mol. The second-order valence-corrected chi connectivity index (χ2v) is 5.91. The standard InChI is InChI=1S/C15H23N5/c1-10-9-13(14(15(16)17)11(2)18-10)20-7-5-19(6-8-20)12-3-4-12/h9,12H,3-8H2,1-2H3,(H3,16,17). The molecule has 2 fully saturated rings. The van der Waals surface area contributed by atoms with E-state index in [0.717, 1.165) is 54.9 Å². The first kappa shape index (κ1) is 13.4. The van der Waals surface area contributed by atoms with Gasteiger partial charge in [0, 0.05) is 37.9 Å². The molecule has 2 aliphatic rings. The van der Waals surface area contributed by atoms with Crippen molar-refractivity contribution in [2.45, 2.75) is 32.7 Å². The number of nitrogens with one attached hydrogen (secondary N) is 1. The minimum atomic E-state index is 0.120. The molecule has 1 saturated carbocycles. The Morgan fingerprint density at radius 3 is 2.45 bits per heavy atom. The summed E-state index contributed by atoms with van der Waals surface area (Å²) in [4.78, 5) is 9.39. The largest absolute Gasteiger partial charge is 0.384 e. The van der Waals surface area contributed by atoms with Crippen molar-refractivity contribution >= 4 is 11.5 Å². The number of aromatic nitrogens is 1. The highest BCUT2D eigenvalue weighted by Gasteiger charge is 2.31. The van der Waals surface area contributed by atoms with Crippen molar-refractivity contribution in [2.24, 2.45) is 5.73 Å². The van der Waals surface area contributed by atoms with Crippen LogP contribution in [0.4, 0.5) is 5.69 Å². The van der Waals surface area contributed by atoms with E-state index < -0.39 is 0 Å². The van der Waals surface area contributed by atoms with Gasteiger partial charge in [-0.15, -0.1) is 0 Å². The molecule has 20 heavy (non-hydrogen) atoms. The molecule has 1 aliphatic heterocycles. The third kappa shape index (κ3) is 2.50. The van der Waals surface area contributed by atoms with E-state index in [1.807, 2.05) is 13.8 Å². The van der Waals surface area contributed by atoms with Gasteiger partial charge in [0.15, 0.2) is 0 Å². The highest BCUT2D eigenvalue weighted by molar-refractivity contribution is 6.01. The monoisotopic (exact) mass is 273 g/mol. The van der Waals surface area contributed by atoms with Gasteiger partial charge in [-0.2, -0.15) is 0 Å². The molecule has 0 aromatic carbocycles. The number of rotatable bonds is 3. The Bertz CT molecular complexity index is 527. The number of hydrogen-bond donors (Lipinski definition) is 2. The average Bonchev–Trinajstić information content (AvgIpc) is 3.21. The van der Waals surface area contributed by atoms with E-state index in [2.05, 4.69) is 20.9 Å². The fourth-order valence-corrected chi connectivity index (χ4v) is 3.16. The van der Waals surface area contributed by atoms with Crippen LogP contribution in [0.3, 0.4) is 0 Å². The fourth-order valence-electron chi connectivity index (χ4n) is 3.16. The maximum atomic E-state index is 7.82. The number of aryl methyl sites for hydroxylation is 2. The first-order valence-electron chi connectivity index (χ1n) is 7.38. The number of amidine groups is 1. The normalized spacial score (nSPS) is 20.2. The summed E-state index contributed by atoms with van der Waals surface area (Å²) in [7, 11) is 0. The molecule has 0 unspecified atom stereocenters. The molecule has 1 aromatic rings. The van der Waals surface area contributed by atoms with Gasteiger partial charge in [-0.05, 0) is 32.8 Å². The topological polar surface area (TPSA) is 69.2 Å². The Hall–Kier alpha value is -1.62. The van der Waals surface area contributed by atoms with Crippen molar-refractivity contribution in [3.05, 3.63) is 23.0 Å². The first-order chi connectivity index (χ1) is 9.56. The zero-order valence-corrected chi connectivity index (χ0v) is 12.3. The van der Waals surface area contributed by atoms with E-state index in [4.69, 9.17) is 11.1 Å². The molecule has 1 aliphatic carbocycles. The Labute approximate surface area is 120 Å². The van der Waals surface area contributed by atoms with Crippen LogP contribution in [0.15, 0.2) is 6.07 Å². The van der Waals surface area contributed by atoms with E-state index in [1.54, 1.807) is 0 Å². The second-order valence-electron chi connectivity index (χ2n) is 5.91. The summed E-state index contributed by atoms with van der Waals surface area (Å²) in [6, 6.07) is 2.90. The molecule has 0 atom stereocenters. The number of anilines is 1. The van der Waals surface area contributed by atoms with Crippen molar-refractivity contribution in [1.29, 1.82) is 5.41 Å². The van der Waals surface area contributed by atoms with Crippen LogP contribution in [-0.2, 0) is 0 Å². The van der Waals surface area contributed by atoms with E-state index in [1.165, 1.54) is 12.8 Å². The van der Waals surface area contributed by atoms with Gasteiger partial charge in [-0.25, -0.2) is 0 Å². The van der Waals surface area contributed by atoms with Gasteiger partial charge >= 0.3 is 0 Å². The van der Waals surface area contributed by atoms with Crippen LogP contribution < -0.4 is 10.6 Å². The minimum Gasteiger partial charge on any atom is -0.384 e. The molecule has 2 heterocycles. The second kappa shape index (κ2) is 5.05. The van der Waals surface area contributed by atoms with Crippen LogP contribution in [0.1, 0.15) is 29.8 Å². The molecule has 0 radical (unpaired) electrons. The van der Waals surface area contributed by atoms with Crippen molar-refractivity contribution in [1.82, 2.24) is 9.88 Å². The van der Waals surface area contributed by atoms with Crippen molar-refractivity contribution in [2.75, 3.05) is 31.1 Å². The Balaban J connectivity index is 1.84. The van der Waals surface area contributed by atoms with Crippen LogP contribution in [0.5, 0.6) is 0 Å². The highest BCUT2D eigenvalue weighted by Crippen LogP contribution is 2.30. The molecule has 3 N–H and O–H groups in total. The molecule has 0 bridgehead atoms. The first-order valence-corrected chi connectivity index (χ1v) is 7.38. The number of pyridine rings is 1. The quantitative estimate of drug-likeness (QED) is 0.643. The lowest BCUT2D eigenvalue weighted by molar-refractivity contribution is 0.248. The van der Waals surface area contributed by atoms with Gasteiger partial charge in [0.1, 0.15) is 5.84 Å². The van der Waals surface area contributed by atoms with Crippen molar-refractivity contribution < 1.29 is 0 Å². The summed E-state index contributed by atoms with van der Waals surface area (Å²) in [6.07, 6.45) is 2.73. The zero-order chi connectivity index (χ0) is 14.3. The van der Waals surface area contributed by atoms with Crippen molar-refractivity contribution in [3.63, 3.8) is 0 Å². The molecule has 0 spiro atoms. The third-order valence-electron chi connectivity index (χ3n) is 4.30. The SMILES string of the molecule is Cc1cc(N2CCN(C3CC3)CC2)c(C(=N)N)c(C)n1. The molecule has 3 rings (SSSR count). The summed E-state index contributed by atoms with van der Waals surface area (Å²) < 4.78 is 0. The minimum absolute atomic E-state index is 0.120. The molecule has 5 heteroatoms. The van der Waals surface area contributed by atoms with Gasteiger partial charge in [0.2, 0.25) is 0 Å². The molecule has 5 nitrogen and oxygen atoms in total. The van der Waals surface area contributed by atoms with Crippen LogP contribution in [0.2, 0.25) is 0 Å². The number of hydrogen-bond acceptors (Lipinski definition) is 4. The lowest BCUT2D eigenvalue weighted by Crippen LogP contribution is -2.47. The Morgan fingerprint density at radius 1 is 1.25 bits per heavy atom. The summed E-state index contributed by atoms with van der Waals surface area (Å²) in [5.74, 6) is 0.120. The third-order valence-corrected chi connectivity index (χ3v) is 4.30. The number of nitrogens with zero attached hydrogens (tertiary/aromatic N) is 3. The molecule has 0 amide bonds. The fraction of sp³-hybridized carbons (Fsp3) is 0.600. The molecule has 108 valence electrons. The predicted molar refractivity (Wildman–Crippen MR) is 81.5 cm³/mol. The molecule has 1 saturated heterocycles. The predicted octanol–water partition coefficient (Wildman–Crippen LogP) is 1.27. The summed E-state index contributed by atoms with van der Waals surface area (Å²) in [5.41, 5.74) is 9.50.